The first-order valence-electron chi connectivity index (χ1n) is 10.6. The Morgan fingerprint density at radius 1 is 1.19 bits per heavy atom. The van der Waals surface area contributed by atoms with Crippen LogP contribution in [0.3, 0.4) is 0 Å². The molecule has 7 nitrogen and oxygen atoms in total. The maximum atomic E-state index is 13.1. The number of anilines is 2. The summed E-state index contributed by atoms with van der Waals surface area (Å²) >= 11 is 6.15. The predicted octanol–water partition coefficient (Wildman–Crippen LogP) is 4.10. The lowest BCUT2D eigenvalue weighted by atomic mass is 10.1. The Balaban J connectivity index is 1.44. The summed E-state index contributed by atoms with van der Waals surface area (Å²) < 4.78 is 1.66. The Hall–Kier alpha value is -3.42. The van der Waals surface area contributed by atoms with E-state index in [4.69, 9.17) is 11.6 Å². The smallest absolute Gasteiger partial charge is 0.274 e. The van der Waals surface area contributed by atoms with Crippen molar-refractivity contribution < 1.29 is 4.79 Å². The summed E-state index contributed by atoms with van der Waals surface area (Å²) in [6.45, 7) is 4.85. The number of hydrogen-bond acceptors (Lipinski definition) is 5. The number of halogens is 1. The SMILES string of the molecule is C[C@@H]1CN(c2ccccc2NC(=O)c2ccn3ncc(-c4cccc(Cl)c4)c3n2)CCN1. The van der Waals surface area contributed by atoms with Gasteiger partial charge in [-0.2, -0.15) is 5.10 Å². The second kappa shape index (κ2) is 8.61. The fourth-order valence-corrected chi connectivity index (χ4v) is 4.24. The third kappa shape index (κ3) is 4.04. The molecule has 0 unspecified atom stereocenters. The van der Waals surface area contributed by atoms with Crippen molar-refractivity contribution in [3.8, 4) is 11.1 Å². The van der Waals surface area contributed by atoms with Gasteiger partial charge in [0.25, 0.3) is 5.91 Å². The molecule has 4 aromatic rings. The van der Waals surface area contributed by atoms with Crippen molar-refractivity contribution >= 4 is 34.5 Å². The van der Waals surface area contributed by atoms with E-state index in [0.29, 0.717) is 22.4 Å². The number of piperazine rings is 1. The van der Waals surface area contributed by atoms with Gasteiger partial charge in [0.15, 0.2) is 5.65 Å². The fourth-order valence-electron chi connectivity index (χ4n) is 4.05. The van der Waals surface area contributed by atoms with E-state index in [1.165, 1.54) is 0 Å². The zero-order valence-electron chi connectivity index (χ0n) is 17.6. The van der Waals surface area contributed by atoms with Crippen molar-refractivity contribution in [2.24, 2.45) is 0 Å². The number of carbonyl (C=O) groups excluding carboxylic acids is 1. The van der Waals surface area contributed by atoms with Gasteiger partial charge in [0.2, 0.25) is 0 Å². The number of nitrogens with one attached hydrogen (secondary N) is 2. The molecule has 2 N–H and O–H groups in total. The van der Waals surface area contributed by atoms with Gasteiger partial charge in [-0.25, -0.2) is 9.50 Å². The van der Waals surface area contributed by atoms with E-state index in [9.17, 15) is 4.79 Å². The third-order valence-corrected chi connectivity index (χ3v) is 5.83. The van der Waals surface area contributed by atoms with Crippen molar-refractivity contribution in [2.45, 2.75) is 13.0 Å². The summed E-state index contributed by atoms with van der Waals surface area (Å²) in [6.07, 6.45) is 3.48. The summed E-state index contributed by atoms with van der Waals surface area (Å²) in [6, 6.07) is 17.5. The van der Waals surface area contributed by atoms with E-state index in [0.717, 1.165) is 42.1 Å². The molecule has 162 valence electrons. The maximum absolute atomic E-state index is 13.1. The molecule has 1 fully saturated rings. The first-order chi connectivity index (χ1) is 15.6. The third-order valence-electron chi connectivity index (χ3n) is 5.60. The standard InChI is InChI=1S/C24H23ClN6O/c1-16-15-30(12-10-26-16)22-8-3-2-7-20(22)29-24(32)21-9-11-31-23(28-21)19(14-27-31)17-5-4-6-18(25)13-17/h2-9,11,13-14,16,26H,10,12,15H2,1H3,(H,29,32)/t16-/m1/s1. The Morgan fingerprint density at radius 2 is 2.06 bits per heavy atom. The van der Waals surface area contributed by atoms with Crippen molar-refractivity contribution in [1.82, 2.24) is 19.9 Å². The number of rotatable bonds is 4. The van der Waals surface area contributed by atoms with Crippen molar-refractivity contribution in [1.29, 1.82) is 0 Å². The predicted molar refractivity (Wildman–Crippen MR) is 128 cm³/mol. The highest BCUT2D eigenvalue weighted by Crippen LogP contribution is 2.28. The van der Waals surface area contributed by atoms with Crippen LogP contribution in [0.5, 0.6) is 0 Å². The average molecular weight is 447 g/mol. The Bertz CT molecular complexity index is 1290. The molecular weight excluding hydrogens is 424 g/mol. The zero-order chi connectivity index (χ0) is 22.1. The van der Waals surface area contributed by atoms with Gasteiger partial charge in [-0.3, -0.25) is 4.79 Å². The number of fused-ring (bicyclic) bond motifs is 1. The minimum absolute atomic E-state index is 0.263. The first-order valence-corrected chi connectivity index (χ1v) is 11.0. The van der Waals surface area contributed by atoms with E-state index in [-0.39, 0.29) is 5.91 Å². The molecule has 2 aromatic heterocycles. The largest absolute Gasteiger partial charge is 0.367 e. The molecule has 1 atom stereocenters. The van der Waals surface area contributed by atoms with Gasteiger partial charge in [0.1, 0.15) is 5.69 Å². The quantitative estimate of drug-likeness (QED) is 0.493. The summed E-state index contributed by atoms with van der Waals surface area (Å²) in [5.41, 5.74) is 4.43. The minimum atomic E-state index is -0.263. The van der Waals surface area contributed by atoms with Crippen molar-refractivity contribution in [2.75, 3.05) is 29.9 Å². The van der Waals surface area contributed by atoms with Crippen molar-refractivity contribution in [3.05, 3.63) is 77.7 Å². The highest BCUT2D eigenvalue weighted by molar-refractivity contribution is 6.30. The Labute approximate surface area is 191 Å². The van der Waals surface area contributed by atoms with Gasteiger partial charge >= 0.3 is 0 Å². The highest BCUT2D eigenvalue weighted by atomic mass is 35.5. The normalized spacial score (nSPS) is 16.3. The number of nitrogens with zero attached hydrogens (tertiary/aromatic N) is 4. The fraction of sp³-hybridized carbons (Fsp3) is 0.208. The molecule has 1 aliphatic rings. The van der Waals surface area contributed by atoms with Crippen LogP contribution in [-0.4, -0.2) is 46.2 Å². The van der Waals surface area contributed by atoms with E-state index in [1.807, 2.05) is 48.5 Å². The molecule has 32 heavy (non-hydrogen) atoms. The van der Waals surface area contributed by atoms with Crippen LogP contribution in [0.2, 0.25) is 5.02 Å². The monoisotopic (exact) mass is 446 g/mol. The molecule has 5 rings (SSSR count). The van der Waals surface area contributed by atoms with Crippen LogP contribution < -0.4 is 15.5 Å². The molecule has 0 spiro atoms. The maximum Gasteiger partial charge on any atom is 0.274 e. The molecule has 8 heteroatoms. The van der Waals surface area contributed by atoms with Crippen LogP contribution in [0.1, 0.15) is 17.4 Å². The van der Waals surface area contributed by atoms with Gasteiger partial charge in [0.05, 0.1) is 17.6 Å². The second-order valence-electron chi connectivity index (χ2n) is 7.92. The molecule has 2 aromatic carbocycles. The van der Waals surface area contributed by atoms with Crippen LogP contribution >= 0.6 is 11.6 Å². The van der Waals surface area contributed by atoms with Crippen molar-refractivity contribution in [3.63, 3.8) is 0 Å². The molecular formula is C24H23ClN6O. The number of carbonyl (C=O) groups is 1. The summed E-state index contributed by atoms with van der Waals surface area (Å²) in [7, 11) is 0. The highest BCUT2D eigenvalue weighted by Gasteiger charge is 2.20. The number of para-hydroxylation sites is 2. The number of aromatic nitrogens is 3. The Kier molecular flexibility index (Phi) is 5.51. The van der Waals surface area contributed by atoms with Gasteiger partial charge in [-0.05, 0) is 42.8 Å². The van der Waals surface area contributed by atoms with Gasteiger partial charge in [-0.15, -0.1) is 0 Å². The summed E-state index contributed by atoms with van der Waals surface area (Å²) in [5, 5.41) is 11.5. The minimum Gasteiger partial charge on any atom is -0.367 e. The van der Waals surface area contributed by atoms with Crippen LogP contribution in [0, 0.1) is 0 Å². The van der Waals surface area contributed by atoms with E-state index in [1.54, 1.807) is 23.0 Å². The molecule has 0 aliphatic carbocycles. The first kappa shape index (κ1) is 20.5. The van der Waals surface area contributed by atoms with Crippen LogP contribution in [-0.2, 0) is 0 Å². The van der Waals surface area contributed by atoms with E-state index < -0.39 is 0 Å². The molecule has 3 heterocycles. The van der Waals surface area contributed by atoms with Gasteiger partial charge < -0.3 is 15.5 Å². The van der Waals surface area contributed by atoms with Crippen LogP contribution in [0.15, 0.2) is 67.0 Å². The van der Waals surface area contributed by atoms with Crippen LogP contribution in [0.4, 0.5) is 11.4 Å². The molecule has 1 aliphatic heterocycles. The second-order valence-corrected chi connectivity index (χ2v) is 8.36. The van der Waals surface area contributed by atoms with Gasteiger partial charge in [0, 0.05) is 42.5 Å². The summed E-state index contributed by atoms with van der Waals surface area (Å²) in [4.78, 5) is 20.0. The van der Waals surface area contributed by atoms with Crippen LogP contribution in [0.25, 0.3) is 16.8 Å². The average Bonchev–Trinajstić information content (AvgIpc) is 3.23. The molecule has 1 saturated heterocycles. The Morgan fingerprint density at radius 3 is 2.91 bits per heavy atom. The zero-order valence-corrected chi connectivity index (χ0v) is 18.4. The topological polar surface area (TPSA) is 74.6 Å². The van der Waals surface area contributed by atoms with E-state index >= 15 is 0 Å². The number of benzene rings is 2. The molecule has 1 amide bonds. The number of hydrogen-bond donors (Lipinski definition) is 2. The molecule has 0 saturated carbocycles. The van der Waals surface area contributed by atoms with Gasteiger partial charge in [-0.1, -0.05) is 35.9 Å². The molecule has 0 radical (unpaired) electrons. The summed E-state index contributed by atoms with van der Waals surface area (Å²) in [5.74, 6) is -0.263. The van der Waals surface area contributed by atoms with E-state index in [2.05, 4.69) is 32.5 Å². The number of amides is 1. The lowest BCUT2D eigenvalue weighted by Gasteiger charge is -2.34. The lowest BCUT2D eigenvalue weighted by molar-refractivity contribution is 0.102. The molecule has 0 bridgehead atoms. The lowest BCUT2D eigenvalue weighted by Crippen LogP contribution is -2.49.